The summed E-state index contributed by atoms with van der Waals surface area (Å²) in [7, 11) is 1.69. The lowest BCUT2D eigenvalue weighted by Crippen LogP contribution is -1.98. The molecule has 0 saturated carbocycles. The van der Waals surface area contributed by atoms with Gasteiger partial charge in [0.05, 0.1) is 15.6 Å². The first-order valence-electron chi connectivity index (χ1n) is 5.23. The van der Waals surface area contributed by atoms with E-state index in [1.54, 1.807) is 13.2 Å². The molecule has 0 bridgehead atoms. The van der Waals surface area contributed by atoms with E-state index in [2.05, 4.69) is 31.2 Å². The third-order valence-corrected chi connectivity index (χ3v) is 2.74. The Hall–Kier alpha value is -2.22. The summed E-state index contributed by atoms with van der Waals surface area (Å²) in [6.07, 6.45) is 1.56. The van der Waals surface area contributed by atoms with Crippen LogP contribution in [0.1, 0.15) is 0 Å². The van der Waals surface area contributed by atoms with E-state index in [1.807, 2.05) is 0 Å². The smallest absolute Gasteiger partial charge is 0.269 e. The number of halogens is 1. The summed E-state index contributed by atoms with van der Waals surface area (Å²) >= 11 is 3.27. The molecule has 2 rings (SSSR count). The monoisotopic (exact) mass is 324 g/mol. The minimum Gasteiger partial charge on any atom is -0.438 e. The zero-order valence-corrected chi connectivity index (χ0v) is 11.4. The highest BCUT2D eigenvalue weighted by Crippen LogP contribution is 2.28. The number of hydrogen-bond donors (Lipinski definition) is 1. The van der Waals surface area contributed by atoms with Crippen LogP contribution in [0.3, 0.4) is 0 Å². The Balaban J connectivity index is 2.23. The van der Waals surface area contributed by atoms with Crippen molar-refractivity contribution in [2.75, 3.05) is 12.4 Å². The van der Waals surface area contributed by atoms with Gasteiger partial charge in [-0.15, -0.1) is 0 Å². The van der Waals surface area contributed by atoms with E-state index in [4.69, 9.17) is 4.74 Å². The molecule has 98 valence electrons. The summed E-state index contributed by atoms with van der Waals surface area (Å²) in [5.41, 5.74) is 0.00465. The van der Waals surface area contributed by atoms with E-state index < -0.39 is 4.92 Å². The summed E-state index contributed by atoms with van der Waals surface area (Å²) in [6.45, 7) is 0. The molecule has 1 heterocycles. The van der Waals surface area contributed by atoms with Gasteiger partial charge in [0.15, 0.2) is 0 Å². The maximum absolute atomic E-state index is 10.5. The first-order chi connectivity index (χ1) is 9.10. The molecule has 0 aliphatic carbocycles. The molecule has 2 aromatic rings. The molecule has 0 radical (unpaired) electrons. The number of nitrogens with one attached hydrogen (secondary N) is 1. The lowest BCUT2D eigenvalue weighted by molar-refractivity contribution is -0.384. The molecular weight excluding hydrogens is 316 g/mol. The molecule has 7 nitrogen and oxygen atoms in total. The highest BCUT2D eigenvalue weighted by atomic mass is 79.9. The normalized spacial score (nSPS) is 10.0. The van der Waals surface area contributed by atoms with Gasteiger partial charge in [-0.2, -0.15) is 4.98 Å². The molecule has 0 amide bonds. The average Bonchev–Trinajstić information content (AvgIpc) is 2.42. The van der Waals surface area contributed by atoms with E-state index in [0.717, 1.165) is 0 Å². The van der Waals surface area contributed by atoms with Crippen LogP contribution in [0.4, 0.5) is 11.6 Å². The van der Waals surface area contributed by atoms with Crippen molar-refractivity contribution in [3.63, 3.8) is 0 Å². The van der Waals surface area contributed by atoms with E-state index in [1.165, 1.54) is 24.3 Å². The highest BCUT2D eigenvalue weighted by Gasteiger charge is 2.09. The molecule has 0 aliphatic heterocycles. The molecule has 0 saturated heterocycles. The van der Waals surface area contributed by atoms with E-state index in [-0.39, 0.29) is 5.69 Å². The third-order valence-electron chi connectivity index (χ3n) is 2.20. The van der Waals surface area contributed by atoms with E-state index >= 15 is 0 Å². The van der Waals surface area contributed by atoms with Gasteiger partial charge < -0.3 is 10.1 Å². The van der Waals surface area contributed by atoms with Crippen LogP contribution in [0.2, 0.25) is 0 Å². The Labute approximate surface area is 116 Å². The second kappa shape index (κ2) is 5.61. The maximum Gasteiger partial charge on any atom is 0.269 e. The second-order valence-electron chi connectivity index (χ2n) is 3.45. The quantitative estimate of drug-likeness (QED) is 0.686. The van der Waals surface area contributed by atoms with Crippen LogP contribution in [0.15, 0.2) is 34.9 Å². The Morgan fingerprint density at radius 2 is 2.05 bits per heavy atom. The van der Waals surface area contributed by atoms with E-state index in [0.29, 0.717) is 22.1 Å². The fourth-order valence-electron chi connectivity index (χ4n) is 1.29. The topological polar surface area (TPSA) is 90.2 Å². The number of rotatable bonds is 4. The number of aromatic nitrogens is 2. The number of anilines is 1. The highest BCUT2D eigenvalue weighted by molar-refractivity contribution is 9.10. The summed E-state index contributed by atoms with van der Waals surface area (Å²) in [4.78, 5) is 18.2. The number of nitro groups is 1. The molecule has 0 aliphatic rings. The Kier molecular flexibility index (Phi) is 3.91. The van der Waals surface area contributed by atoms with E-state index in [9.17, 15) is 10.1 Å². The zero-order chi connectivity index (χ0) is 13.8. The minimum absolute atomic E-state index is 0.00465. The van der Waals surface area contributed by atoms with Crippen molar-refractivity contribution in [1.82, 2.24) is 9.97 Å². The van der Waals surface area contributed by atoms with Crippen LogP contribution in [0, 0.1) is 10.1 Å². The van der Waals surface area contributed by atoms with Crippen molar-refractivity contribution in [2.24, 2.45) is 0 Å². The van der Waals surface area contributed by atoms with Crippen molar-refractivity contribution in [2.45, 2.75) is 0 Å². The fraction of sp³-hybridized carbons (Fsp3) is 0.0909. The first-order valence-corrected chi connectivity index (χ1v) is 6.02. The number of ether oxygens (including phenoxy) is 1. The zero-order valence-electron chi connectivity index (χ0n) is 9.83. The van der Waals surface area contributed by atoms with Gasteiger partial charge in [-0.05, 0) is 28.1 Å². The Morgan fingerprint density at radius 1 is 1.37 bits per heavy atom. The van der Waals surface area contributed by atoms with Crippen LogP contribution in [0.25, 0.3) is 0 Å². The maximum atomic E-state index is 10.5. The van der Waals surface area contributed by atoms with Crippen LogP contribution in [0.5, 0.6) is 11.6 Å². The van der Waals surface area contributed by atoms with Crippen molar-refractivity contribution >= 4 is 27.6 Å². The second-order valence-corrected chi connectivity index (χ2v) is 4.30. The lowest BCUT2D eigenvalue weighted by Gasteiger charge is -2.07. The lowest BCUT2D eigenvalue weighted by atomic mass is 10.3. The van der Waals surface area contributed by atoms with Gasteiger partial charge in [0.2, 0.25) is 11.8 Å². The van der Waals surface area contributed by atoms with Crippen LogP contribution in [-0.4, -0.2) is 21.9 Å². The molecule has 0 fully saturated rings. The summed E-state index contributed by atoms with van der Waals surface area (Å²) in [5.74, 6) is 1.19. The molecule has 1 N–H and O–H groups in total. The van der Waals surface area contributed by atoms with Crippen LogP contribution >= 0.6 is 15.9 Å². The van der Waals surface area contributed by atoms with Gasteiger partial charge in [0.25, 0.3) is 5.69 Å². The molecule has 8 heteroatoms. The van der Waals surface area contributed by atoms with Gasteiger partial charge in [0.1, 0.15) is 5.75 Å². The fourth-order valence-corrected chi connectivity index (χ4v) is 1.56. The van der Waals surface area contributed by atoms with Gasteiger partial charge >= 0.3 is 0 Å². The van der Waals surface area contributed by atoms with Gasteiger partial charge in [-0.25, -0.2) is 4.98 Å². The van der Waals surface area contributed by atoms with Crippen molar-refractivity contribution < 1.29 is 9.66 Å². The van der Waals surface area contributed by atoms with Crippen LogP contribution < -0.4 is 10.1 Å². The summed E-state index contributed by atoms with van der Waals surface area (Å²) in [5, 5.41) is 13.3. The molecule has 1 aromatic heterocycles. The molecular formula is C11H9BrN4O3. The van der Waals surface area contributed by atoms with Gasteiger partial charge in [-0.3, -0.25) is 10.1 Å². The third kappa shape index (κ3) is 3.16. The molecule has 19 heavy (non-hydrogen) atoms. The number of nitrogens with zero attached hydrogens (tertiary/aromatic N) is 3. The summed E-state index contributed by atoms with van der Waals surface area (Å²) < 4.78 is 6.11. The van der Waals surface area contributed by atoms with Crippen LogP contribution in [-0.2, 0) is 0 Å². The Bertz CT molecular complexity index is 603. The average molecular weight is 325 g/mol. The standard InChI is InChI=1S/C11H9BrN4O3/c1-13-11-14-6-9(12)10(15-11)19-8-4-2-7(3-5-8)16(17)18/h2-6H,1H3,(H,13,14,15). The molecule has 0 atom stereocenters. The predicted octanol–water partition coefficient (Wildman–Crippen LogP) is 2.98. The Morgan fingerprint density at radius 3 is 2.63 bits per heavy atom. The first kappa shape index (κ1) is 13.2. The summed E-state index contributed by atoms with van der Waals surface area (Å²) in [6, 6.07) is 5.74. The number of hydrogen-bond acceptors (Lipinski definition) is 6. The number of benzene rings is 1. The van der Waals surface area contributed by atoms with Crippen molar-refractivity contribution in [1.29, 1.82) is 0 Å². The number of non-ortho nitro benzene ring substituents is 1. The number of nitro benzene ring substituents is 1. The SMILES string of the molecule is CNc1ncc(Br)c(Oc2ccc([N+](=O)[O-])cc2)n1. The minimum atomic E-state index is -0.469. The van der Waals surface area contributed by atoms with Crippen molar-refractivity contribution in [3.8, 4) is 11.6 Å². The molecule has 0 unspecified atom stereocenters. The van der Waals surface area contributed by atoms with Gasteiger partial charge in [-0.1, -0.05) is 0 Å². The van der Waals surface area contributed by atoms with Gasteiger partial charge in [0, 0.05) is 19.2 Å². The molecule has 1 aromatic carbocycles. The largest absolute Gasteiger partial charge is 0.438 e. The van der Waals surface area contributed by atoms with Crippen molar-refractivity contribution in [3.05, 3.63) is 45.0 Å². The predicted molar refractivity (Wildman–Crippen MR) is 72.4 cm³/mol. The molecule has 0 spiro atoms.